The molecule has 1 aliphatic carbocycles. The van der Waals surface area contributed by atoms with Crippen LogP contribution in [0.2, 0.25) is 0 Å². The zero-order chi connectivity index (χ0) is 22.6. The number of aliphatic hydroxyl groups is 1. The van der Waals surface area contributed by atoms with Crippen LogP contribution >= 0.6 is 0 Å². The second-order valence-electron chi connectivity index (χ2n) is 8.31. The number of hydrogen-bond donors (Lipinski definition) is 1. The van der Waals surface area contributed by atoms with Crippen molar-refractivity contribution in [3.05, 3.63) is 47.9 Å². The number of Topliss-reactive ketones (excluding diaryl/α,β-unsaturated/α-hetero) is 1. The number of halogens is 1. The number of rotatable bonds is 8. The molecule has 0 aliphatic heterocycles. The number of carbonyl (C=O) groups excluding carboxylic acids is 1. The van der Waals surface area contributed by atoms with Crippen LogP contribution in [0, 0.1) is 17.7 Å². The third-order valence-corrected chi connectivity index (χ3v) is 7.02. The normalized spacial score (nSPS) is 20.3. The van der Waals surface area contributed by atoms with E-state index in [-0.39, 0.29) is 52.2 Å². The minimum absolute atomic E-state index is 0.0150. The van der Waals surface area contributed by atoms with Crippen LogP contribution in [0.25, 0.3) is 0 Å². The zero-order valence-electron chi connectivity index (χ0n) is 17.8. The molecule has 3 atom stereocenters. The average molecular weight is 450 g/mol. The summed E-state index contributed by atoms with van der Waals surface area (Å²) in [6.07, 6.45) is 6.29. The number of carbonyl (C=O) groups is 1. The summed E-state index contributed by atoms with van der Waals surface area (Å²) in [6, 6.07) is 6.92. The Hall–Kier alpha value is -2.32. The monoisotopic (exact) mass is 449 g/mol. The lowest BCUT2D eigenvalue weighted by atomic mass is 9.77. The van der Waals surface area contributed by atoms with Gasteiger partial charge >= 0.3 is 0 Å². The van der Waals surface area contributed by atoms with Gasteiger partial charge in [0, 0.05) is 12.7 Å². The third-order valence-electron chi connectivity index (χ3n) is 5.91. The van der Waals surface area contributed by atoms with E-state index in [9.17, 15) is 22.7 Å². The number of hydrogen-bond acceptors (Lipinski definition) is 6. The summed E-state index contributed by atoms with van der Waals surface area (Å²) in [7, 11) is -3.43. The van der Waals surface area contributed by atoms with Crippen LogP contribution in [-0.2, 0) is 9.84 Å². The number of sulfone groups is 1. The van der Waals surface area contributed by atoms with Crippen molar-refractivity contribution in [3.63, 3.8) is 0 Å². The lowest BCUT2D eigenvalue weighted by molar-refractivity contribution is 0.0381. The first-order chi connectivity index (χ1) is 14.6. The van der Waals surface area contributed by atoms with Crippen molar-refractivity contribution < 1.29 is 27.4 Å². The Morgan fingerprint density at radius 3 is 2.74 bits per heavy atom. The number of aromatic nitrogens is 1. The summed E-state index contributed by atoms with van der Waals surface area (Å²) >= 11 is 0. The number of nitrogens with zero attached hydrogens (tertiary/aromatic N) is 1. The Bertz CT molecular complexity index is 1040. The van der Waals surface area contributed by atoms with E-state index in [1.54, 1.807) is 6.07 Å². The Morgan fingerprint density at radius 1 is 1.29 bits per heavy atom. The van der Waals surface area contributed by atoms with Crippen LogP contribution in [-0.4, -0.2) is 36.7 Å². The molecule has 8 heteroatoms. The molecule has 0 bridgehead atoms. The van der Waals surface area contributed by atoms with Gasteiger partial charge in [0.2, 0.25) is 5.88 Å². The Balaban J connectivity index is 1.74. The van der Waals surface area contributed by atoms with Gasteiger partial charge in [0.1, 0.15) is 11.6 Å². The van der Waals surface area contributed by atoms with Crippen LogP contribution in [0.1, 0.15) is 55.8 Å². The average Bonchev–Trinajstić information content (AvgIpc) is 2.73. The van der Waals surface area contributed by atoms with Gasteiger partial charge in [-0.15, -0.1) is 0 Å². The van der Waals surface area contributed by atoms with Gasteiger partial charge in [-0.1, -0.05) is 25.8 Å². The van der Waals surface area contributed by atoms with E-state index < -0.39 is 15.7 Å². The molecule has 1 fully saturated rings. The SMILES string of the molecule is C[C@H](CCC(=O)c1cc(F)cnc1Oc1cccc(S(C)(=O)=O)c1)C1CCCC[C@H]1O. The molecule has 1 aromatic carbocycles. The van der Waals surface area contributed by atoms with Gasteiger partial charge in [-0.2, -0.15) is 0 Å². The number of ketones is 1. The molecular formula is C23H28FNO5S. The molecule has 1 N–H and O–H groups in total. The Morgan fingerprint density at radius 2 is 2.03 bits per heavy atom. The Kier molecular flexibility index (Phi) is 7.43. The molecule has 0 spiro atoms. The fourth-order valence-electron chi connectivity index (χ4n) is 4.10. The quantitative estimate of drug-likeness (QED) is 0.594. The van der Waals surface area contributed by atoms with E-state index in [0.29, 0.717) is 6.42 Å². The molecule has 0 radical (unpaired) electrons. The molecule has 1 aromatic heterocycles. The van der Waals surface area contributed by atoms with E-state index in [0.717, 1.165) is 44.2 Å². The molecule has 3 rings (SSSR count). The second kappa shape index (κ2) is 9.87. The van der Waals surface area contributed by atoms with E-state index >= 15 is 0 Å². The van der Waals surface area contributed by atoms with E-state index in [1.165, 1.54) is 18.2 Å². The summed E-state index contributed by atoms with van der Waals surface area (Å²) in [5, 5.41) is 10.2. The maximum atomic E-state index is 13.8. The highest BCUT2D eigenvalue weighted by atomic mass is 32.2. The third kappa shape index (κ3) is 6.11. The molecule has 1 unspecified atom stereocenters. The minimum Gasteiger partial charge on any atom is -0.438 e. The number of pyridine rings is 1. The van der Waals surface area contributed by atoms with Crippen molar-refractivity contribution in [1.29, 1.82) is 0 Å². The van der Waals surface area contributed by atoms with E-state index in [1.807, 2.05) is 6.92 Å². The zero-order valence-corrected chi connectivity index (χ0v) is 18.6. The van der Waals surface area contributed by atoms with Gasteiger partial charge in [0.15, 0.2) is 15.6 Å². The maximum absolute atomic E-state index is 13.8. The first-order valence-corrected chi connectivity index (χ1v) is 12.4. The standard InChI is InChI=1S/C23H28FNO5S/c1-15(19-8-3-4-9-21(19)26)10-11-22(27)20-12-16(24)14-25-23(20)30-17-6-5-7-18(13-17)31(2,28)29/h5-7,12-15,19,21,26H,3-4,8-11H2,1-2H3/t15-,19?,21-/m1/s1. The maximum Gasteiger partial charge on any atom is 0.230 e. The fraction of sp³-hybridized carbons (Fsp3) is 0.478. The van der Waals surface area contributed by atoms with Gasteiger partial charge < -0.3 is 9.84 Å². The largest absolute Gasteiger partial charge is 0.438 e. The molecule has 168 valence electrons. The van der Waals surface area contributed by atoms with Crippen molar-refractivity contribution in [2.75, 3.05) is 6.26 Å². The van der Waals surface area contributed by atoms with Gasteiger partial charge in [-0.3, -0.25) is 4.79 Å². The topological polar surface area (TPSA) is 93.6 Å². The first kappa shape index (κ1) is 23.3. The van der Waals surface area contributed by atoms with Gasteiger partial charge in [-0.05, 0) is 55.4 Å². The summed E-state index contributed by atoms with van der Waals surface area (Å²) in [6.45, 7) is 2.03. The highest BCUT2D eigenvalue weighted by Crippen LogP contribution is 2.33. The molecule has 31 heavy (non-hydrogen) atoms. The minimum atomic E-state index is -3.43. The van der Waals surface area contributed by atoms with Crippen LogP contribution in [0.3, 0.4) is 0 Å². The van der Waals surface area contributed by atoms with Crippen LogP contribution in [0.5, 0.6) is 11.6 Å². The van der Waals surface area contributed by atoms with Crippen molar-refractivity contribution in [2.24, 2.45) is 11.8 Å². The van der Waals surface area contributed by atoms with Crippen molar-refractivity contribution in [2.45, 2.75) is 56.4 Å². The fourth-order valence-corrected chi connectivity index (χ4v) is 4.76. The predicted octanol–water partition coefficient (Wildman–Crippen LogP) is 4.57. The number of benzene rings is 1. The van der Waals surface area contributed by atoms with Gasteiger partial charge in [-0.25, -0.2) is 17.8 Å². The number of aliphatic hydroxyl groups excluding tert-OH is 1. The molecule has 0 saturated heterocycles. The number of ether oxygens (including phenoxy) is 1. The summed E-state index contributed by atoms with van der Waals surface area (Å²) < 4.78 is 43.0. The van der Waals surface area contributed by atoms with Crippen LogP contribution in [0.15, 0.2) is 41.4 Å². The first-order valence-electron chi connectivity index (χ1n) is 10.5. The van der Waals surface area contributed by atoms with Crippen LogP contribution in [0.4, 0.5) is 4.39 Å². The van der Waals surface area contributed by atoms with Gasteiger partial charge in [0.25, 0.3) is 0 Å². The molecule has 2 aromatic rings. The molecule has 1 aliphatic rings. The molecule has 0 amide bonds. The van der Waals surface area contributed by atoms with Crippen molar-refractivity contribution in [1.82, 2.24) is 4.98 Å². The lowest BCUT2D eigenvalue weighted by Crippen LogP contribution is -2.30. The summed E-state index contributed by atoms with van der Waals surface area (Å²) in [5.74, 6) is -0.509. The van der Waals surface area contributed by atoms with Crippen molar-refractivity contribution >= 4 is 15.6 Å². The van der Waals surface area contributed by atoms with E-state index in [4.69, 9.17) is 4.74 Å². The molecule has 1 saturated carbocycles. The summed E-state index contributed by atoms with van der Waals surface area (Å²) in [5.41, 5.74) is 0.0150. The summed E-state index contributed by atoms with van der Waals surface area (Å²) in [4.78, 5) is 16.8. The molecular weight excluding hydrogens is 421 g/mol. The predicted molar refractivity (Wildman–Crippen MR) is 115 cm³/mol. The van der Waals surface area contributed by atoms with Crippen molar-refractivity contribution in [3.8, 4) is 11.6 Å². The van der Waals surface area contributed by atoms with Gasteiger partial charge in [0.05, 0.1) is 22.8 Å². The molecule has 6 nitrogen and oxygen atoms in total. The highest BCUT2D eigenvalue weighted by molar-refractivity contribution is 7.90. The Labute approximate surface area is 182 Å². The van der Waals surface area contributed by atoms with Crippen LogP contribution < -0.4 is 4.74 Å². The second-order valence-corrected chi connectivity index (χ2v) is 10.3. The lowest BCUT2D eigenvalue weighted by Gasteiger charge is -2.32. The highest BCUT2D eigenvalue weighted by Gasteiger charge is 2.28. The molecule has 1 heterocycles. The smallest absolute Gasteiger partial charge is 0.230 e. The van der Waals surface area contributed by atoms with E-state index in [2.05, 4.69) is 4.98 Å².